The van der Waals surface area contributed by atoms with E-state index in [9.17, 15) is 14.4 Å². The Balaban J connectivity index is 1.73. The molecule has 3 amide bonds. The SMILES string of the molecule is CNC(=O)Nc1ccc(NC(=O)Cn2nc(C)c3ccccc3c2=O)cc1. The molecule has 0 unspecified atom stereocenters. The van der Waals surface area contributed by atoms with E-state index in [0.29, 0.717) is 22.5 Å². The molecule has 0 fully saturated rings. The van der Waals surface area contributed by atoms with Crippen LogP contribution in [0.1, 0.15) is 5.69 Å². The van der Waals surface area contributed by atoms with Gasteiger partial charge in [0, 0.05) is 23.8 Å². The van der Waals surface area contributed by atoms with E-state index in [1.807, 2.05) is 12.1 Å². The summed E-state index contributed by atoms with van der Waals surface area (Å²) in [5.74, 6) is -0.369. The Hall–Kier alpha value is -3.68. The van der Waals surface area contributed by atoms with Crippen molar-refractivity contribution in [2.45, 2.75) is 13.5 Å². The number of benzene rings is 2. The maximum Gasteiger partial charge on any atom is 0.318 e. The first kappa shape index (κ1) is 18.1. The predicted molar refractivity (Wildman–Crippen MR) is 104 cm³/mol. The molecule has 3 N–H and O–H groups in total. The van der Waals surface area contributed by atoms with Crippen LogP contribution in [0.3, 0.4) is 0 Å². The van der Waals surface area contributed by atoms with E-state index in [1.165, 1.54) is 7.05 Å². The second-order valence-corrected chi connectivity index (χ2v) is 5.92. The standard InChI is InChI=1S/C19H19N5O3/c1-12-15-5-3-4-6-16(15)18(26)24(23-12)11-17(25)21-13-7-9-14(10-8-13)22-19(27)20-2/h3-10H,11H2,1-2H3,(H,21,25)(H2,20,22,27). The van der Waals surface area contributed by atoms with Gasteiger partial charge in [-0.15, -0.1) is 0 Å². The van der Waals surface area contributed by atoms with Gasteiger partial charge in [-0.05, 0) is 37.3 Å². The van der Waals surface area contributed by atoms with Crippen molar-refractivity contribution in [2.75, 3.05) is 17.7 Å². The van der Waals surface area contributed by atoms with Gasteiger partial charge in [0.1, 0.15) is 6.54 Å². The molecule has 0 aliphatic carbocycles. The second-order valence-electron chi connectivity index (χ2n) is 5.92. The number of rotatable bonds is 4. The number of amides is 3. The fourth-order valence-corrected chi connectivity index (χ4v) is 2.68. The Kier molecular flexibility index (Phi) is 5.16. The van der Waals surface area contributed by atoms with Crippen molar-refractivity contribution < 1.29 is 9.59 Å². The number of aryl methyl sites for hydroxylation is 1. The summed E-state index contributed by atoms with van der Waals surface area (Å²) >= 11 is 0. The number of nitrogens with one attached hydrogen (secondary N) is 3. The van der Waals surface area contributed by atoms with Crippen molar-refractivity contribution in [3.05, 3.63) is 64.6 Å². The summed E-state index contributed by atoms with van der Waals surface area (Å²) in [6.45, 7) is 1.61. The first-order valence-electron chi connectivity index (χ1n) is 8.33. The van der Waals surface area contributed by atoms with E-state index < -0.39 is 0 Å². The third kappa shape index (κ3) is 4.12. The zero-order valence-corrected chi connectivity index (χ0v) is 14.9. The predicted octanol–water partition coefficient (Wildman–Crippen LogP) is 2.09. The van der Waals surface area contributed by atoms with Crippen LogP contribution in [0.2, 0.25) is 0 Å². The molecule has 0 saturated heterocycles. The zero-order chi connectivity index (χ0) is 19.4. The number of carbonyl (C=O) groups excluding carboxylic acids is 2. The first-order valence-corrected chi connectivity index (χ1v) is 8.33. The van der Waals surface area contributed by atoms with E-state index in [-0.39, 0.29) is 24.0 Å². The molecule has 3 rings (SSSR count). The molecule has 27 heavy (non-hydrogen) atoms. The highest BCUT2D eigenvalue weighted by atomic mass is 16.2. The number of fused-ring (bicyclic) bond motifs is 1. The van der Waals surface area contributed by atoms with Gasteiger partial charge >= 0.3 is 6.03 Å². The lowest BCUT2D eigenvalue weighted by Gasteiger charge is -2.10. The third-order valence-electron chi connectivity index (χ3n) is 4.00. The summed E-state index contributed by atoms with van der Waals surface area (Å²) in [6.07, 6.45) is 0. The average molecular weight is 365 g/mol. The van der Waals surface area contributed by atoms with Gasteiger partial charge in [0.25, 0.3) is 5.56 Å². The van der Waals surface area contributed by atoms with Crippen LogP contribution in [0.4, 0.5) is 16.2 Å². The lowest BCUT2D eigenvalue weighted by Crippen LogP contribution is -2.30. The Bertz CT molecular complexity index is 1060. The summed E-state index contributed by atoms with van der Waals surface area (Å²) in [6, 6.07) is 13.5. The van der Waals surface area contributed by atoms with Crippen LogP contribution >= 0.6 is 0 Å². The van der Waals surface area contributed by atoms with E-state index >= 15 is 0 Å². The minimum absolute atomic E-state index is 0.192. The van der Waals surface area contributed by atoms with Crippen LogP contribution in [0.25, 0.3) is 10.8 Å². The van der Waals surface area contributed by atoms with Crippen molar-refractivity contribution in [1.82, 2.24) is 15.1 Å². The van der Waals surface area contributed by atoms with Crippen molar-refractivity contribution in [2.24, 2.45) is 0 Å². The zero-order valence-electron chi connectivity index (χ0n) is 14.9. The van der Waals surface area contributed by atoms with Crippen LogP contribution in [-0.4, -0.2) is 28.8 Å². The molecule has 0 aliphatic heterocycles. The summed E-state index contributed by atoms with van der Waals surface area (Å²) < 4.78 is 1.16. The Morgan fingerprint density at radius 3 is 2.19 bits per heavy atom. The van der Waals surface area contributed by atoms with Gasteiger partial charge in [0.05, 0.1) is 11.1 Å². The summed E-state index contributed by atoms with van der Waals surface area (Å²) in [4.78, 5) is 36.1. The molecule has 0 atom stereocenters. The second kappa shape index (κ2) is 7.69. The summed E-state index contributed by atoms with van der Waals surface area (Å²) in [7, 11) is 1.52. The molecule has 0 aliphatic rings. The topological polar surface area (TPSA) is 105 Å². The summed E-state index contributed by atoms with van der Waals surface area (Å²) in [5, 5.41) is 13.3. The van der Waals surface area contributed by atoms with Gasteiger partial charge in [-0.1, -0.05) is 18.2 Å². The molecule has 138 valence electrons. The van der Waals surface area contributed by atoms with Crippen molar-refractivity contribution in [1.29, 1.82) is 0 Å². The van der Waals surface area contributed by atoms with Crippen molar-refractivity contribution in [3.8, 4) is 0 Å². The van der Waals surface area contributed by atoms with Crippen LogP contribution in [0, 0.1) is 6.92 Å². The number of urea groups is 1. The Labute approximate surface area is 155 Å². The normalized spacial score (nSPS) is 10.4. The molecule has 0 spiro atoms. The van der Waals surface area contributed by atoms with Crippen LogP contribution in [-0.2, 0) is 11.3 Å². The molecule has 3 aromatic rings. The highest BCUT2D eigenvalue weighted by molar-refractivity contribution is 5.92. The number of hydrogen-bond donors (Lipinski definition) is 3. The van der Waals surface area contributed by atoms with Gasteiger partial charge < -0.3 is 16.0 Å². The quantitative estimate of drug-likeness (QED) is 0.658. The molecule has 0 radical (unpaired) electrons. The highest BCUT2D eigenvalue weighted by Gasteiger charge is 2.11. The molecular formula is C19H19N5O3. The summed E-state index contributed by atoms with van der Waals surface area (Å²) in [5.41, 5.74) is 1.52. The number of carbonyl (C=O) groups is 2. The molecule has 1 aromatic heterocycles. The van der Waals surface area contributed by atoms with E-state index in [0.717, 1.165) is 10.1 Å². The molecule has 8 nitrogen and oxygen atoms in total. The van der Waals surface area contributed by atoms with E-state index in [4.69, 9.17) is 0 Å². The van der Waals surface area contributed by atoms with Gasteiger partial charge in [0.15, 0.2) is 0 Å². The molecule has 0 bridgehead atoms. The van der Waals surface area contributed by atoms with Gasteiger partial charge in [-0.2, -0.15) is 5.10 Å². The van der Waals surface area contributed by atoms with Crippen LogP contribution in [0.15, 0.2) is 53.3 Å². The molecule has 2 aromatic carbocycles. The number of anilines is 2. The lowest BCUT2D eigenvalue weighted by atomic mass is 10.1. The van der Waals surface area contributed by atoms with Crippen molar-refractivity contribution >= 4 is 34.1 Å². The largest absolute Gasteiger partial charge is 0.341 e. The maximum atomic E-state index is 12.5. The highest BCUT2D eigenvalue weighted by Crippen LogP contribution is 2.14. The molecule has 1 heterocycles. The third-order valence-corrected chi connectivity index (χ3v) is 4.00. The maximum absolute atomic E-state index is 12.5. The minimum Gasteiger partial charge on any atom is -0.341 e. The average Bonchev–Trinajstić information content (AvgIpc) is 2.67. The van der Waals surface area contributed by atoms with Crippen molar-refractivity contribution in [3.63, 3.8) is 0 Å². The monoisotopic (exact) mass is 365 g/mol. The van der Waals surface area contributed by atoms with Crippen LogP contribution in [0.5, 0.6) is 0 Å². The fraction of sp³-hybridized carbons (Fsp3) is 0.158. The Morgan fingerprint density at radius 2 is 1.56 bits per heavy atom. The smallest absolute Gasteiger partial charge is 0.318 e. The molecule has 8 heteroatoms. The van der Waals surface area contributed by atoms with E-state index in [1.54, 1.807) is 43.3 Å². The number of hydrogen-bond acceptors (Lipinski definition) is 4. The minimum atomic E-state index is -0.369. The Morgan fingerprint density at radius 1 is 0.963 bits per heavy atom. The molecule has 0 saturated carbocycles. The fourth-order valence-electron chi connectivity index (χ4n) is 2.68. The first-order chi connectivity index (χ1) is 13.0. The van der Waals surface area contributed by atoms with Gasteiger partial charge in [-0.3, -0.25) is 9.59 Å². The number of nitrogens with zero attached hydrogens (tertiary/aromatic N) is 2. The lowest BCUT2D eigenvalue weighted by molar-refractivity contribution is -0.117. The number of aromatic nitrogens is 2. The van der Waals surface area contributed by atoms with Crippen LogP contribution < -0.4 is 21.5 Å². The van der Waals surface area contributed by atoms with Gasteiger partial charge in [0.2, 0.25) is 5.91 Å². The van der Waals surface area contributed by atoms with Gasteiger partial charge in [-0.25, -0.2) is 9.48 Å². The van der Waals surface area contributed by atoms with E-state index in [2.05, 4.69) is 21.0 Å². The molecular weight excluding hydrogens is 346 g/mol.